The number of aliphatic hydroxyl groups excluding tert-OH is 1. The molecule has 2 aromatic carbocycles. The molecule has 0 bridgehead atoms. The fraction of sp³-hybridized carbons (Fsp3) is 0.269. The zero-order valence-corrected chi connectivity index (χ0v) is 18.9. The van der Waals surface area contributed by atoms with E-state index in [1.54, 1.807) is 12.1 Å². The topological polar surface area (TPSA) is 112 Å². The smallest absolute Gasteiger partial charge is 0.212 e. The van der Waals surface area contributed by atoms with Crippen LogP contribution in [-0.2, 0) is 22.7 Å². The Hall–Kier alpha value is -3.59. The van der Waals surface area contributed by atoms with E-state index in [0.717, 1.165) is 11.1 Å². The van der Waals surface area contributed by atoms with Crippen LogP contribution in [0.4, 0.5) is 5.82 Å². The van der Waals surface area contributed by atoms with Crippen LogP contribution in [0.3, 0.4) is 0 Å². The van der Waals surface area contributed by atoms with Gasteiger partial charge in [-0.25, -0.2) is 9.50 Å². The van der Waals surface area contributed by atoms with Gasteiger partial charge in [0.1, 0.15) is 23.6 Å². The minimum atomic E-state index is -0.986. The summed E-state index contributed by atoms with van der Waals surface area (Å²) in [4.78, 5) is 17.8. The molecule has 34 heavy (non-hydrogen) atoms. The first-order chi connectivity index (χ1) is 16.6. The number of rotatable bonds is 11. The van der Waals surface area contributed by atoms with Crippen molar-refractivity contribution in [3.63, 3.8) is 0 Å². The third-order valence-electron chi connectivity index (χ3n) is 5.70. The van der Waals surface area contributed by atoms with Crippen LogP contribution in [0.1, 0.15) is 28.5 Å². The Morgan fingerprint density at radius 2 is 1.59 bits per heavy atom. The summed E-state index contributed by atoms with van der Waals surface area (Å²) in [5, 5.41) is 14.2. The Labute approximate surface area is 198 Å². The van der Waals surface area contributed by atoms with Crippen molar-refractivity contribution in [3.8, 4) is 0 Å². The quantitative estimate of drug-likeness (QED) is 0.330. The number of hydrogen-bond donors (Lipinski definition) is 2. The summed E-state index contributed by atoms with van der Waals surface area (Å²) in [6, 6.07) is 22.6. The molecule has 176 valence electrons. The van der Waals surface area contributed by atoms with Gasteiger partial charge >= 0.3 is 0 Å². The molecule has 0 unspecified atom stereocenters. The predicted molar refractivity (Wildman–Crippen MR) is 128 cm³/mol. The fourth-order valence-corrected chi connectivity index (χ4v) is 3.79. The molecule has 0 aliphatic rings. The number of aliphatic hydroxyl groups is 1. The van der Waals surface area contributed by atoms with Gasteiger partial charge in [-0.15, -0.1) is 0 Å². The highest BCUT2D eigenvalue weighted by Gasteiger charge is 2.36. The highest BCUT2D eigenvalue weighted by atomic mass is 16.5. The second kappa shape index (κ2) is 11.0. The molecule has 4 rings (SSSR count). The van der Waals surface area contributed by atoms with Gasteiger partial charge in [0, 0.05) is 12.5 Å². The van der Waals surface area contributed by atoms with Gasteiger partial charge in [0.15, 0.2) is 5.82 Å². The number of benzene rings is 2. The summed E-state index contributed by atoms with van der Waals surface area (Å²) in [6.07, 6.45) is -0.384. The van der Waals surface area contributed by atoms with E-state index in [1.165, 1.54) is 10.8 Å². The van der Waals surface area contributed by atoms with Gasteiger partial charge in [0.2, 0.25) is 5.78 Å². The van der Waals surface area contributed by atoms with E-state index < -0.39 is 12.2 Å². The number of fused-ring (bicyclic) bond motifs is 1. The van der Waals surface area contributed by atoms with Gasteiger partial charge in [-0.3, -0.25) is 4.79 Å². The molecule has 0 amide bonds. The second-order valence-corrected chi connectivity index (χ2v) is 8.16. The van der Waals surface area contributed by atoms with E-state index in [0.29, 0.717) is 11.2 Å². The number of carbonyl (C=O) groups is 1. The molecule has 2 heterocycles. The summed E-state index contributed by atoms with van der Waals surface area (Å²) < 4.78 is 13.9. The fourth-order valence-electron chi connectivity index (χ4n) is 3.79. The molecule has 0 fully saturated rings. The Morgan fingerprint density at radius 1 is 0.971 bits per heavy atom. The van der Waals surface area contributed by atoms with E-state index in [9.17, 15) is 9.90 Å². The summed E-state index contributed by atoms with van der Waals surface area (Å²) in [5.74, 6) is -0.400. The van der Waals surface area contributed by atoms with Crippen LogP contribution in [0.15, 0.2) is 79.1 Å². The number of ketones is 1. The minimum absolute atomic E-state index is 0.165. The summed E-state index contributed by atoms with van der Waals surface area (Å²) in [7, 11) is 0. The molecular weight excluding hydrogens is 432 g/mol. The van der Waals surface area contributed by atoms with Gasteiger partial charge in [0.25, 0.3) is 0 Å². The first kappa shape index (κ1) is 23.6. The van der Waals surface area contributed by atoms with E-state index in [1.807, 2.05) is 67.6 Å². The highest BCUT2D eigenvalue weighted by molar-refractivity contribution is 6.00. The zero-order valence-electron chi connectivity index (χ0n) is 18.9. The second-order valence-electron chi connectivity index (χ2n) is 8.16. The Kier molecular flexibility index (Phi) is 7.64. The number of anilines is 1. The minimum Gasteiger partial charge on any atom is -0.396 e. The van der Waals surface area contributed by atoms with Crippen LogP contribution >= 0.6 is 0 Å². The van der Waals surface area contributed by atoms with E-state index in [4.69, 9.17) is 15.2 Å². The van der Waals surface area contributed by atoms with Gasteiger partial charge in [-0.05, 0) is 23.3 Å². The third kappa shape index (κ3) is 5.31. The Morgan fingerprint density at radius 3 is 2.21 bits per heavy atom. The van der Waals surface area contributed by atoms with Crippen molar-refractivity contribution < 1.29 is 19.4 Å². The number of nitrogens with two attached hydrogens (primary N) is 1. The normalized spacial score (nSPS) is 14.1. The lowest BCUT2D eigenvalue weighted by Crippen LogP contribution is -2.44. The molecule has 0 saturated carbocycles. The van der Waals surface area contributed by atoms with Crippen molar-refractivity contribution in [2.45, 2.75) is 32.3 Å². The van der Waals surface area contributed by atoms with Gasteiger partial charge < -0.3 is 20.3 Å². The zero-order chi connectivity index (χ0) is 23.9. The predicted octanol–water partition coefficient (Wildman–Crippen LogP) is 3.29. The molecule has 0 radical (unpaired) electrons. The molecule has 3 N–H and O–H groups in total. The average molecular weight is 461 g/mol. The molecule has 0 saturated heterocycles. The standard InChI is InChI=1S/C26H28N4O4/c1-18(14-31)24(33-15-19-8-4-2-5-9-19)25(34-16-20-10-6-3-7-11-20)23(32)21-12-13-22-26(27)28-17-29-30(21)22/h2-13,17-18,24-25,31H,14-16H2,1H3,(H2,27,28,29)/t18-,24-,25+/m1/s1. The lowest BCUT2D eigenvalue weighted by molar-refractivity contribution is -0.0975. The Balaban J connectivity index is 1.66. The summed E-state index contributed by atoms with van der Waals surface area (Å²) in [5.41, 5.74) is 8.67. The van der Waals surface area contributed by atoms with Crippen molar-refractivity contribution in [3.05, 3.63) is 95.9 Å². The highest BCUT2D eigenvalue weighted by Crippen LogP contribution is 2.23. The van der Waals surface area contributed by atoms with Crippen LogP contribution in [0, 0.1) is 5.92 Å². The van der Waals surface area contributed by atoms with Crippen LogP contribution < -0.4 is 5.73 Å². The van der Waals surface area contributed by atoms with Crippen molar-refractivity contribution in [1.82, 2.24) is 14.6 Å². The van der Waals surface area contributed by atoms with Gasteiger partial charge in [-0.2, -0.15) is 5.10 Å². The van der Waals surface area contributed by atoms with Crippen molar-refractivity contribution in [1.29, 1.82) is 0 Å². The number of Topliss-reactive ketones (excluding diaryl/α,β-unsaturated/α-hetero) is 1. The van der Waals surface area contributed by atoms with E-state index >= 15 is 0 Å². The molecule has 3 atom stereocenters. The average Bonchev–Trinajstić information content (AvgIpc) is 3.32. The molecule has 8 heteroatoms. The first-order valence-corrected chi connectivity index (χ1v) is 11.1. The SMILES string of the molecule is C[C@H](CO)[C@@H](OCc1ccccc1)[C@@H](OCc1ccccc1)C(=O)c1ccc2c(N)ncnn12. The number of carbonyl (C=O) groups excluding carboxylic acids is 1. The number of aromatic nitrogens is 3. The van der Waals surface area contributed by atoms with Crippen LogP contribution in [-0.4, -0.2) is 44.3 Å². The summed E-state index contributed by atoms with van der Waals surface area (Å²) >= 11 is 0. The van der Waals surface area contributed by atoms with Gasteiger partial charge in [-0.1, -0.05) is 67.6 Å². The molecule has 8 nitrogen and oxygen atoms in total. The van der Waals surface area contributed by atoms with Crippen LogP contribution in [0.2, 0.25) is 0 Å². The monoisotopic (exact) mass is 460 g/mol. The maximum Gasteiger partial charge on any atom is 0.212 e. The molecule has 0 spiro atoms. The summed E-state index contributed by atoms with van der Waals surface area (Å²) in [6.45, 7) is 2.15. The maximum absolute atomic E-state index is 13.8. The molecule has 4 aromatic rings. The molecule has 2 aromatic heterocycles. The number of ether oxygens (including phenoxy) is 2. The van der Waals surface area contributed by atoms with Crippen LogP contribution in [0.5, 0.6) is 0 Å². The molecular formula is C26H28N4O4. The number of hydrogen-bond acceptors (Lipinski definition) is 7. The maximum atomic E-state index is 13.8. The van der Waals surface area contributed by atoms with Crippen molar-refractivity contribution in [2.75, 3.05) is 12.3 Å². The van der Waals surface area contributed by atoms with Crippen LogP contribution in [0.25, 0.3) is 5.52 Å². The van der Waals surface area contributed by atoms with Crippen molar-refractivity contribution in [2.24, 2.45) is 5.92 Å². The largest absolute Gasteiger partial charge is 0.396 e. The third-order valence-corrected chi connectivity index (χ3v) is 5.70. The number of nitrogens with zero attached hydrogens (tertiary/aromatic N) is 3. The van der Waals surface area contributed by atoms with E-state index in [2.05, 4.69) is 10.1 Å². The lowest BCUT2D eigenvalue weighted by atomic mass is 9.95. The Bertz CT molecular complexity index is 1210. The molecule has 0 aliphatic carbocycles. The number of nitrogen functional groups attached to an aromatic ring is 1. The van der Waals surface area contributed by atoms with Gasteiger partial charge in [0.05, 0.1) is 19.3 Å². The van der Waals surface area contributed by atoms with Crippen molar-refractivity contribution >= 4 is 17.1 Å². The molecule has 0 aliphatic heterocycles. The van der Waals surface area contributed by atoms with E-state index in [-0.39, 0.29) is 37.3 Å². The first-order valence-electron chi connectivity index (χ1n) is 11.1. The lowest BCUT2D eigenvalue weighted by Gasteiger charge is -2.30.